The van der Waals surface area contributed by atoms with Gasteiger partial charge < -0.3 is 4.84 Å². The molecule has 2 aliphatic carbocycles. The van der Waals surface area contributed by atoms with Gasteiger partial charge in [0.15, 0.2) is 0 Å². The van der Waals surface area contributed by atoms with Crippen LogP contribution in [0.3, 0.4) is 0 Å². The van der Waals surface area contributed by atoms with Gasteiger partial charge in [-0.2, -0.15) is 0 Å². The molecule has 0 aromatic rings. The van der Waals surface area contributed by atoms with Crippen LogP contribution in [0.1, 0.15) is 19.3 Å². The molecular weight excluding hydrogens is 156 g/mol. The van der Waals surface area contributed by atoms with Gasteiger partial charge in [0.1, 0.15) is 0 Å². The average Bonchev–Trinajstić information content (AvgIpc) is 2.81. The first kappa shape index (κ1) is 6.48. The zero-order chi connectivity index (χ0) is 7.97. The van der Waals surface area contributed by atoms with Crippen molar-refractivity contribution in [2.24, 2.45) is 17.0 Å². The van der Waals surface area contributed by atoms with Gasteiger partial charge in [-0.05, 0) is 36.3 Å². The number of nitrogens with one attached hydrogen (secondary N) is 1. The molecule has 0 aromatic heterocycles. The Hall–Kier alpha value is -1.03. The lowest BCUT2D eigenvalue weighted by atomic mass is 9.99. The Bertz CT molecular complexity index is 272. The lowest BCUT2D eigenvalue weighted by molar-refractivity contribution is -0.0734. The number of nitrogens with zero attached hydrogens (tertiary/aromatic N) is 1. The van der Waals surface area contributed by atoms with E-state index < -0.39 is 0 Å². The highest BCUT2D eigenvalue weighted by atomic mass is 17.0. The van der Waals surface area contributed by atoms with Crippen molar-refractivity contribution in [3.05, 3.63) is 11.6 Å². The summed E-state index contributed by atoms with van der Waals surface area (Å²) in [6.07, 6.45) is 6.15. The van der Waals surface area contributed by atoms with Crippen LogP contribution in [0.2, 0.25) is 0 Å². The summed E-state index contributed by atoms with van der Waals surface area (Å²) in [5.41, 5.74) is 3.50. The van der Waals surface area contributed by atoms with Crippen LogP contribution in [-0.2, 0) is 9.78 Å². The van der Waals surface area contributed by atoms with Crippen molar-refractivity contribution in [3.63, 3.8) is 0 Å². The summed E-state index contributed by atoms with van der Waals surface area (Å²) < 4.78 is 0. The highest BCUT2D eigenvalue weighted by Crippen LogP contribution is 2.44. The summed E-state index contributed by atoms with van der Waals surface area (Å²) in [5.74, 6) is 2.05. The lowest BCUT2D eigenvalue weighted by Gasteiger charge is -2.09. The molecule has 1 N–H and O–H groups in total. The maximum Gasteiger partial charge on any atom is 0.283 e. The van der Waals surface area contributed by atoms with Crippen LogP contribution >= 0.6 is 0 Å². The van der Waals surface area contributed by atoms with Gasteiger partial charge in [-0.25, -0.2) is 0 Å². The van der Waals surface area contributed by atoms with E-state index in [1.807, 2.05) is 0 Å². The Morgan fingerprint density at radius 1 is 1.50 bits per heavy atom. The molecule has 1 aliphatic heterocycles. The SMILES string of the molecule is C1=C(C2=NONO2)C2CCC1C2. The summed E-state index contributed by atoms with van der Waals surface area (Å²) in [4.78, 5) is 9.55. The van der Waals surface area contributed by atoms with Crippen molar-refractivity contribution in [1.29, 1.82) is 0 Å². The fourth-order valence-corrected chi connectivity index (χ4v) is 2.33. The van der Waals surface area contributed by atoms with Crippen LogP contribution in [0.5, 0.6) is 0 Å². The second-order valence-corrected chi connectivity index (χ2v) is 3.57. The zero-order valence-electron chi connectivity index (χ0n) is 6.62. The van der Waals surface area contributed by atoms with Crippen LogP contribution in [0.25, 0.3) is 0 Å². The number of hydrogen-bond acceptors (Lipinski definition) is 4. The van der Waals surface area contributed by atoms with Gasteiger partial charge in [0, 0.05) is 11.2 Å². The molecule has 1 fully saturated rings. The van der Waals surface area contributed by atoms with Crippen LogP contribution in [-0.4, -0.2) is 5.90 Å². The van der Waals surface area contributed by atoms with E-state index in [0.717, 1.165) is 5.92 Å². The smallest absolute Gasteiger partial charge is 0.283 e. The molecule has 0 amide bonds. The van der Waals surface area contributed by atoms with Crippen molar-refractivity contribution in [2.45, 2.75) is 19.3 Å². The van der Waals surface area contributed by atoms with Crippen molar-refractivity contribution in [3.8, 4) is 0 Å². The second kappa shape index (κ2) is 2.23. The topological polar surface area (TPSA) is 42.8 Å². The molecule has 1 saturated carbocycles. The minimum Gasteiger partial charge on any atom is -0.348 e. The average molecular weight is 166 g/mol. The number of oxime groups is 1. The first-order valence-corrected chi connectivity index (χ1v) is 4.31. The largest absolute Gasteiger partial charge is 0.348 e. The fourth-order valence-electron chi connectivity index (χ4n) is 2.33. The summed E-state index contributed by atoms with van der Waals surface area (Å²) in [6, 6.07) is 0. The van der Waals surface area contributed by atoms with E-state index in [1.54, 1.807) is 0 Å². The molecular formula is C8H10N2O2. The predicted octanol–water partition coefficient (Wildman–Crippen LogP) is 1.12. The van der Waals surface area contributed by atoms with Crippen molar-refractivity contribution < 1.29 is 9.78 Å². The number of hydrogen-bond donors (Lipinski definition) is 1. The Labute approximate surface area is 70.1 Å². The van der Waals surface area contributed by atoms with Crippen molar-refractivity contribution >= 4 is 5.90 Å². The third-order valence-corrected chi connectivity index (χ3v) is 2.88. The highest BCUT2D eigenvalue weighted by molar-refractivity contribution is 5.94. The van der Waals surface area contributed by atoms with Crippen LogP contribution in [0, 0.1) is 11.8 Å². The Balaban J connectivity index is 1.89. The molecule has 0 radical (unpaired) electrons. The van der Waals surface area contributed by atoms with Crippen molar-refractivity contribution in [1.82, 2.24) is 5.64 Å². The summed E-state index contributed by atoms with van der Waals surface area (Å²) in [7, 11) is 0. The van der Waals surface area contributed by atoms with Crippen LogP contribution in [0.4, 0.5) is 0 Å². The van der Waals surface area contributed by atoms with Gasteiger partial charge in [0.25, 0.3) is 5.90 Å². The third kappa shape index (κ3) is 0.783. The third-order valence-electron chi connectivity index (χ3n) is 2.88. The molecule has 3 aliphatic rings. The van der Waals surface area contributed by atoms with Gasteiger partial charge >= 0.3 is 0 Å². The molecule has 2 unspecified atom stereocenters. The molecule has 12 heavy (non-hydrogen) atoms. The second-order valence-electron chi connectivity index (χ2n) is 3.57. The Morgan fingerprint density at radius 3 is 3.08 bits per heavy atom. The maximum atomic E-state index is 5.00. The Kier molecular flexibility index (Phi) is 1.20. The zero-order valence-corrected chi connectivity index (χ0v) is 6.62. The van der Waals surface area contributed by atoms with E-state index in [0.29, 0.717) is 11.8 Å². The van der Waals surface area contributed by atoms with Gasteiger partial charge in [-0.15, -0.1) is 0 Å². The van der Waals surface area contributed by atoms with Crippen molar-refractivity contribution in [2.75, 3.05) is 0 Å². The van der Waals surface area contributed by atoms with Crippen LogP contribution < -0.4 is 5.64 Å². The lowest BCUT2D eigenvalue weighted by Crippen LogP contribution is -2.14. The monoisotopic (exact) mass is 166 g/mol. The van der Waals surface area contributed by atoms with E-state index >= 15 is 0 Å². The predicted molar refractivity (Wildman–Crippen MR) is 41.7 cm³/mol. The van der Waals surface area contributed by atoms with Gasteiger partial charge in [-0.3, -0.25) is 4.94 Å². The number of rotatable bonds is 1. The standard InChI is InChI=1S/C8H10N2O2/c1-2-6-3-5(1)4-7(6)8-9-12-10-11-8/h4-6,10H,1-3H2. The van der Waals surface area contributed by atoms with E-state index in [2.05, 4.69) is 21.8 Å². The fraction of sp³-hybridized carbons (Fsp3) is 0.625. The van der Waals surface area contributed by atoms with E-state index in [1.165, 1.54) is 24.8 Å². The summed E-state index contributed by atoms with van der Waals surface area (Å²) >= 11 is 0. The van der Waals surface area contributed by atoms with Gasteiger partial charge in [0.05, 0.1) is 0 Å². The maximum absolute atomic E-state index is 5.00. The molecule has 0 aromatic carbocycles. The molecule has 2 bridgehead atoms. The van der Waals surface area contributed by atoms with E-state index in [-0.39, 0.29) is 0 Å². The normalized spacial score (nSPS) is 37.3. The number of fused-ring (bicyclic) bond motifs is 2. The van der Waals surface area contributed by atoms with Gasteiger partial charge in [-0.1, -0.05) is 6.08 Å². The van der Waals surface area contributed by atoms with Gasteiger partial charge in [0.2, 0.25) is 0 Å². The minimum atomic E-state index is 0.627. The molecule has 4 nitrogen and oxygen atoms in total. The van der Waals surface area contributed by atoms with E-state index in [9.17, 15) is 0 Å². The summed E-state index contributed by atoms with van der Waals surface area (Å²) in [5, 5.41) is 3.75. The highest BCUT2D eigenvalue weighted by Gasteiger charge is 2.37. The molecule has 1 heterocycles. The first-order chi connectivity index (χ1) is 5.93. The van der Waals surface area contributed by atoms with Crippen LogP contribution in [0.15, 0.2) is 16.8 Å². The molecule has 0 saturated heterocycles. The molecule has 3 rings (SSSR count). The Morgan fingerprint density at radius 2 is 2.50 bits per heavy atom. The molecule has 64 valence electrons. The quantitative estimate of drug-likeness (QED) is 0.634. The molecule has 4 heteroatoms. The minimum absolute atomic E-state index is 0.627. The summed E-state index contributed by atoms with van der Waals surface area (Å²) in [6.45, 7) is 0. The number of allylic oxidation sites excluding steroid dienone is 1. The van der Waals surface area contributed by atoms with E-state index in [4.69, 9.17) is 4.84 Å². The molecule has 2 atom stereocenters. The molecule has 0 spiro atoms. The first-order valence-electron chi connectivity index (χ1n) is 4.31.